The lowest BCUT2D eigenvalue weighted by atomic mass is 9.96. The van der Waals surface area contributed by atoms with Gasteiger partial charge in [-0.1, -0.05) is 54.1 Å². The SMILES string of the molecule is Clc1ccc2c(c1)=C1CC=CC=C1C=CC=2. The summed E-state index contributed by atoms with van der Waals surface area (Å²) >= 11 is 6.08. The maximum Gasteiger partial charge on any atom is 0.0412 e. The summed E-state index contributed by atoms with van der Waals surface area (Å²) in [6, 6.07) is 6.08. The van der Waals surface area contributed by atoms with Crippen molar-refractivity contribution in [3.63, 3.8) is 0 Å². The van der Waals surface area contributed by atoms with E-state index < -0.39 is 0 Å². The maximum absolute atomic E-state index is 6.08. The van der Waals surface area contributed by atoms with Crippen LogP contribution in [0.1, 0.15) is 6.42 Å². The third-order valence-corrected chi connectivity index (χ3v) is 3.21. The maximum atomic E-state index is 6.08. The average Bonchev–Trinajstić information content (AvgIpc) is 2.48. The van der Waals surface area contributed by atoms with Crippen LogP contribution in [0.5, 0.6) is 0 Å². The van der Waals surface area contributed by atoms with Crippen LogP contribution in [0, 0.1) is 0 Å². The molecule has 0 bridgehead atoms. The molecule has 0 aliphatic heterocycles. The van der Waals surface area contributed by atoms with Crippen LogP contribution in [0.3, 0.4) is 0 Å². The largest absolute Gasteiger partial charge is 0.0843 e. The van der Waals surface area contributed by atoms with Gasteiger partial charge >= 0.3 is 0 Å². The van der Waals surface area contributed by atoms with Crippen molar-refractivity contribution in [2.24, 2.45) is 0 Å². The van der Waals surface area contributed by atoms with Crippen molar-refractivity contribution < 1.29 is 0 Å². The Morgan fingerprint density at radius 1 is 1.06 bits per heavy atom. The number of hydrogen-bond acceptors (Lipinski definition) is 0. The van der Waals surface area contributed by atoms with Gasteiger partial charge in [0, 0.05) is 5.02 Å². The molecule has 2 aliphatic carbocycles. The van der Waals surface area contributed by atoms with Crippen LogP contribution in [0.15, 0.2) is 54.2 Å². The van der Waals surface area contributed by atoms with Gasteiger partial charge in [0.2, 0.25) is 0 Å². The Morgan fingerprint density at radius 2 is 2.00 bits per heavy atom. The van der Waals surface area contributed by atoms with E-state index in [4.69, 9.17) is 11.6 Å². The molecule has 0 N–H and O–H groups in total. The zero-order valence-corrected chi connectivity index (χ0v) is 9.54. The van der Waals surface area contributed by atoms with Gasteiger partial charge in [-0.15, -0.1) is 0 Å². The molecule has 1 heteroatoms. The number of halogens is 1. The highest BCUT2D eigenvalue weighted by atomic mass is 35.5. The lowest BCUT2D eigenvalue weighted by Gasteiger charge is -2.09. The van der Waals surface area contributed by atoms with Crippen molar-refractivity contribution in [1.29, 1.82) is 0 Å². The Hall–Kier alpha value is -1.53. The molecule has 0 amide bonds. The molecule has 0 fully saturated rings. The molecule has 0 saturated heterocycles. The fraction of sp³-hybridized carbons (Fsp3) is 0.0667. The normalized spacial score (nSPS) is 17.1. The first kappa shape index (κ1) is 9.68. The molecule has 0 radical (unpaired) electrons. The van der Waals surface area contributed by atoms with Gasteiger partial charge in [-0.3, -0.25) is 0 Å². The molecule has 3 rings (SSSR count). The zero-order chi connectivity index (χ0) is 11.0. The molecule has 16 heavy (non-hydrogen) atoms. The van der Waals surface area contributed by atoms with Gasteiger partial charge in [0.25, 0.3) is 0 Å². The molecule has 0 atom stereocenters. The third-order valence-electron chi connectivity index (χ3n) is 2.97. The van der Waals surface area contributed by atoms with Crippen molar-refractivity contribution in [3.8, 4) is 0 Å². The van der Waals surface area contributed by atoms with Gasteiger partial charge in [0.15, 0.2) is 0 Å². The highest BCUT2D eigenvalue weighted by Gasteiger charge is 2.07. The van der Waals surface area contributed by atoms with Crippen LogP contribution in [0.25, 0.3) is 11.6 Å². The Balaban J connectivity index is 2.44. The van der Waals surface area contributed by atoms with E-state index in [0.717, 1.165) is 11.4 Å². The Labute approximate surface area is 99.6 Å². The molecule has 0 saturated carbocycles. The van der Waals surface area contributed by atoms with Gasteiger partial charge in [-0.05, 0) is 40.1 Å². The predicted octanol–water partition coefficient (Wildman–Crippen LogP) is 2.73. The summed E-state index contributed by atoms with van der Waals surface area (Å²) in [4.78, 5) is 0. The van der Waals surface area contributed by atoms with Gasteiger partial charge in [-0.2, -0.15) is 0 Å². The van der Waals surface area contributed by atoms with E-state index in [1.807, 2.05) is 6.07 Å². The standard InChI is InChI=1S/C15H11Cl/c16-13-9-8-12-6-3-5-11-4-1-2-7-14(11)15(12)10-13/h1-6,8-10H,7H2. The number of benzene rings is 1. The minimum Gasteiger partial charge on any atom is -0.0843 e. The fourth-order valence-electron chi connectivity index (χ4n) is 2.19. The Kier molecular flexibility index (Phi) is 2.30. The second-order valence-corrected chi connectivity index (χ2v) is 4.43. The quantitative estimate of drug-likeness (QED) is 0.638. The monoisotopic (exact) mass is 226 g/mol. The van der Waals surface area contributed by atoms with E-state index in [1.165, 1.54) is 21.6 Å². The van der Waals surface area contributed by atoms with Gasteiger partial charge < -0.3 is 0 Å². The molecule has 2 aliphatic rings. The number of rotatable bonds is 0. The second kappa shape index (κ2) is 3.80. The summed E-state index contributed by atoms with van der Waals surface area (Å²) in [6.07, 6.45) is 13.8. The summed E-state index contributed by atoms with van der Waals surface area (Å²) in [5.41, 5.74) is 2.66. The van der Waals surface area contributed by atoms with Crippen LogP contribution < -0.4 is 10.4 Å². The molecule has 1 aromatic rings. The minimum absolute atomic E-state index is 0.801. The predicted molar refractivity (Wildman–Crippen MR) is 69.6 cm³/mol. The van der Waals surface area contributed by atoms with E-state index in [2.05, 4.69) is 48.6 Å². The van der Waals surface area contributed by atoms with Gasteiger partial charge in [0.1, 0.15) is 0 Å². The fourth-order valence-corrected chi connectivity index (χ4v) is 2.36. The van der Waals surface area contributed by atoms with E-state index in [-0.39, 0.29) is 0 Å². The van der Waals surface area contributed by atoms with Crippen molar-refractivity contribution in [2.45, 2.75) is 6.42 Å². The molecule has 0 spiro atoms. The van der Waals surface area contributed by atoms with Crippen molar-refractivity contribution in [2.75, 3.05) is 0 Å². The summed E-state index contributed by atoms with van der Waals surface area (Å²) in [7, 11) is 0. The molecule has 0 aromatic heterocycles. The smallest absolute Gasteiger partial charge is 0.0412 e. The summed E-state index contributed by atoms with van der Waals surface area (Å²) in [5, 5.41) is 3.30. The van der Waals surface area contributed by atoms with Crippen LogP contribution in [0.4, 0.5) is 0 Å². The highest BCUT2D eigenvalue weighted by molar-refractivity contribution is 6.30. The lowest BCUT2D eigenvalue weighted by Crippen LogP contribution is -2.26. The van der Waals surface area contributed by atoms with Crippen molar-refractivity contribution in [1.82, 2.24) is 0 Å². The third kappa shape index (κ3) is 1.56. The molecule has 78 valence electrons. The summed E-state index contributed by atoms with van der Waals surface area (Å²) < 4.78 is 0. The van der Waals surface area contributed by atoms with Crippen LogP contribution in [0.2, 0.25) is 5.02 Å². The van der Waals surface area contributed by atoms with Gasteiger partial charge in [0.05, 0.1) is 0 Å². The molecule has 0 unspecified atom stereocenters. The van der Waals surface area contributed by atoms with Crippen LogP contribution in [-0.2, 0) is 0 Å². The molecular formula is C15H11Cl. The first-order chi connectivity index (χ1) is 7.84. The first-order valence-electron chi connectivity index (χ1n) is 5.39. The van der Waals surface area contributed by atoms with E-state index in [0.29, 0.717) is 0 Å². The molecule has 1 aromatic carbocycles. The zero-order valence-electron chi connectivity index (χ0n) is 8.78. The second-order valence-electron chi connectivity index (χ2n) is 3.99. The van der Waals surface area contributed by atoms with E-state index in [1.54, 1.807) is 0 Å². The number of allylic oxidation sites excluding steroid dienone is 6. The van der Waals surface area contributed by atoms with Gasteiger partial charge in [-0.25, -0.2) is 0 Å². The molecule has 0 heterocycles. The summed E-state index contributed by atoms with van der Waals surface area (Å²) in [6.45, 7) is 0. The van der Waals surface area contributed by atoms with E-state index in [9.17, 15) is 0 Å². The highest BCUT2D eigenvalue weighted by Crippen LogP contribution is 2.21. The number of hydrogen-bond donors (Lipinski definition) is 0. The van der Waals surface area contributed by atoms with Crippen molar-refractivity contribution >= 4 is 23.3 Å². The first-order valence-corrected chi connectivity index (χ1v) is 5.77. The average molecular weight is 227 g/mol. The number of fused-ring (bicyclic) bond motifs is 2. The summed E-state index contributed by atoms with van der Waals surface area (Å²) in [5.74, 6) is 0. The lowest BCUT2D eigenvalue weighted by molar-refractivity contribution is 1.32. The minimum atomic E-state index is 0.801. The van der Waals surface area contributed by atoms with E-state index >= 15 is 0 Å². The van der Waals surface area contributed by atoms with Crippen LogP contribution >= 0.6 is 11.6 Å². The Bertz CT molecular complexity index is 643. The topological polar surface area (TPSA) is 0 Å². The molecule has 0 nitrogen and oxygen atoms in total. The molecular weight excluding hydrogens is 216 g/mol. The van der Waals surface area contributed by atoms with Crippen LogP contribution in [-0.4, -0.2) is 0 Å². The van der Waals surface area contributed by atoms with Crippen molar-refractivity contribution in [3.05, 3.63) is 69.6 Å². The Morgan fingerprint density at radius 3 is 2.94 bits per heavy atom.